The molecule has 0 saturated heterocycles. The summed E-state index contributed by atoms with van der Waals surface area (Å²) in [6.07, 6.45) is 1.12. The highest BCUT2D eigenvalue weighted by atomic mass is 79.9. The van der Waals surface area contributed by atoms with Crippen molar-refractivity contribution in [2.75, 3.05) is 7.11 Å². The van der Waals surface area contributed by atoms with Crippen LogP contribution in [0.4, 0.5) is 4.39 Å². The summed E-state index contributed by atoms with van der Waals surface area (Å²) in [5, 5.41) is 0. The minimum absolute atomic E-state index is 0.608. The summed E-state index contributed by atoms with van der Waals surface area (Å²) < 4.78 is 18.1. The average Bonchev–Trinajstić information content (AvgIpc) is 2.20. The fourth-order valence-corrected chi connectivity index (χ4v) is 1.13. The van der Waals surface area contributed by atoms with Crippen LogP contribution < -0.4 is 0 Å². The number of ether oxygens (including phenoxy) is 1. The Hall–Kier alpha value is -1.16. The number of hydrogen-bond acceptors (Lipinski definition) is 2. The minimum atomic E-state index is -0.965. The second kappa shape index (κ2) is 4.91. The molecule has 0 spiro atoms. The van der Waals surface area contributed by atoms with E-state index in [-0.39, 0.29) is 0 Å². The summed E-state index contributed by atoms with van der Waals surface area (Å²) in [7, 11) is 1.14. The fraction of sp³-hybridized carbons (Fsp3) is 0.100. The van der Waals surface area contributed by atoms with Gasteiger partial charge in [-0.25, -0.2) is 4.79 Å². The Bertz CT molecular complexity index is 357. The predicted octanol–water partition coefficient (Wildman–Crippen LogP) is 2.93. The zero-order chi connectivity index (χ0) is 10.6. The first-order valence-electron chi connectivity index (χ1n) is 3.84. The van der Waals surface area contributed by atoms with Gasteiger partial charge in [-0.3, -0.25) is 0 Å². The molecule has 1 aromatic carbocycles. The number of halogens is 2. The van der Waals surface area contributed by atoms with Crippen LogP contribution in [0.25, 0.3) is 6.08 Å². The van der Waals surface area contributed by atoms with E-state index in [1.807, 2.05) is 0 Å². The normalized spacial score (nSPS) is 11.2. The van der Waals surface area contributed by atoms with Gasteiger partial charge < -0.3 is 4.74 Å². The monoisotopic (exact) mass is 258 g/mol. The number of methoxy groups -OCH3 is 1. The quantitative estimate of drug-likeness (QED) is 0.603. The van der Waals surface area contributed by atoms with E-state index in [0.29, 0.717) is 5.56 Å². The Morgan fingerprint density at radius 3 is 2.50 bits per heavy atom. The van der Waals surface area contributed by atoms with Crippen molar-refractivity contribution in [3.63, 3.8) is 0 Å². The van der Waals surface area contributed by atoms with Crippen molar-refractivity contribution in [2.45, 2.75) is 0 Å². The molecule has 0 heterocycles. The Morgan fingerprint density at radius 2 is 2.00 bits per heavy atom. The molecule has 0 radical (unpaired) electrons. The lowest BCUT2D eigenvalue weighted by Crippen LogP contribution is -1.99. The van der Waals surface area contributed by atoms with Gasteiger partial charge in [0.2, 0.25) is 5.83 Å². The summed E-state index contributed by atoms with van der Waals surface area (Å²) in [4.78, 5) is 10.7. The summed E-state index contributed by atoms with van der Waals surface area (Å²) in [5.74, 6) is -1.87. The van der Waals surface area contributed by atoms with E-state index < -0.39 is 11.8 Å². The molecular formula is C10H8BrFO2. The predicted molar refractivity (Wildman–Crippen MR) is 55.2 cm³/mol. The fourth-order valence-electron chi connectivity index (χ4n) is 0.862. The first kappa shape index (κ1) is 10.9. The number of hydrogen-bond donors (Lipinski definition) is 0. The summed E-state index contributed by atoms with van der Waals surface area (Å²) in [6, 6.07) is 6.89. The molecule has 1 rings (SSSR count). The standard InChI is InChI=1S/C10H8BrFO2/c1-14-10(13)9(12)6-7-2-4-8(11)5-3-7/h2-6H,1H3/b9-6-. The van der Waals surface area contributed by atoms with Gasteiger partial charge in [-0.15, -0.1) is 0 Å². The molecule has 4 heteroatoms. The summed E-state index contributed by atoms with van der Waals surface area (Å²) >= 11 is 3.25. The van der Waals surface area contributed by atoms with Crippen molar-refractivity contribution < 1.29 is 13.9 Å². The van der Waals surface area contributed by atoms with Gasteiger partial charge in [-0.05, 0) is 23.8 Å². The van der Waals surface area contributed by atoms with Crippen molar-refractivity contribution in [3.05, 3.63) is 40.1 Å². The Labute approximate surface area is 89.5 Å². The number of carbonyl (C=O) groups is 1. The minimum Gasteiger partial charge on any atom is -0.464 e. The van der Waals surface area contributed by atoms with Gasteiger partial charge >= 0.3 is 5.97 Å². The molecule has 0 aliphatic rings. The number of carbonyl (C=O) groups excluding carboxylic acids is 1. The highest BCUT2D eigenvalue weighted by molar-refractivity contribution is 9.10. The number of rotatable bonds is 2. The molecule has 0 aliphatic carbocycles. The molecule has 0 aliphatic heterocycles. The molecule has 0 bridgehead atoms. The van der Waals surface area contributed by atoms with Gasteiger partial charge in [-0.2, -0.15) is 4.39 Å². The van der Waals surface area contributed by atoms with Gasteiger partial charge in [0, 0.05) is 4.47 Å². The third-order valence-electron chi connectivity index (χ3n) is 1.54. The van der Waals surface area contributed by atoms with Gasteiger partial charge in [0.15, 0.2) is 0 Å². The Morgan fingerprint density at radius 1 is 1.43 bits per heavy atom. The molecule has 1 aromatic rings. The third-order valence-corrected chi connectivity index (χ3v) is 2.07. The lowest BCUT2D eigenvalue weighted by atomic mass is 10.2. The molecule has 0 fully saturated rings. The summed E-state index contributed by atoms with van der Waals surface area (Å²) in [5.41, 5.74) is 0.608. The first-order valence-corrected chi connectivity index (χ1v) is 4.64. The van der Waals surface area contributed by atoms with Crippen LogP contribution in [0, 0.1) is 0 Å². The van der Waals surface area contributed by atoms with Crippen molar-refractivity contribution >= 4 is 28.0 Å². The zero-order valence-corrected chi connectivity index (χ0v) is 9.05. The van der Waals surface area contributed by atoms with Crippen molar-refractivity contribution in [1.29, 1.82) is 0 Å². The lowest BCUT2D eigenvalue weighted by molar-refractivity contribution is -0.137. The highest BCUT2D eigenvalue weighted by Gasteiger charge is 2.07. The number of benzene rings is 1. The molecule has 0 N–H and O–H groups in total. The SMILES string of the molecule is COC(=O)/C(F)=C/c1ccc(Br)cc1. The first-order chi connectivity index (χ1) is 6.63. The highest BCUT2D eigenvalue weighted by Crippen LogP contribution is 2.14. The van der Waals surface area contributed by atoms with Crippen LogP contribution in [0.2, 0.25) is 0 Å². The molecule has 74 valence electrons. The van der Waals surface area contributed by atoms with E-state index in [0.717, 1.165) is 17.7 Å². The largest absolute Gasteiger partial charge is 0.464 e. The smallest absolute Gasteiger partial charge is 0.366 e. The molecule has 0 atom stereocenters. The van der Waals surface area contributed by atoms with Crippen LogP contribution >= 0.6 is 15.9 Å². The van der Waals surface area contributed by atoms with Crippen molar-refractivity contribution in [3.8, 4) is 0 Å². The van der Waals surface area contributed by atoms with Gasteiger partial charge in [0.05, 0.1) is 7.11 Å². The van der Waals surface area contributed by atoms with Gasteiger partial charge in [-0.1, -0.05) is 28.1 Å². The maximum Gasteiger partial charge on any atom is 0.366 e. The Kier molecular flexibility index (Phi) is 3.83. The second-order valence-corrected chi connectivity index (χ2v) is 3.45. The van der Waals surface area contributed by atoms with E-state index >= 15 is 0 Å². The van der Waals surface area contributed by atoms with Crippen LogP contribution in [-0.2, 0) is 9.53 Å². The lowest BCUT2D eigenvalue weighted by Gasteiger charge is -1.96. The topological polar surface area (TPSA) is 26.3 Å². The van der Waals surface area contributed by atoms with E-state index in [2.05, 4.69) is 20.7 Å². The van der Waals surface area contributed by atoms with Crippen molar-refractivity contribution in [2.24, 2.45) is 0 Å². The van der Waals surface area contributed by atoms with Gasteiger partial charge in [0.1, 0.15) is 0 Å². The van der Waals surface area contributed by atoms with Gasteiger partial charge in [0.25, 0.3) is 0 Å². The van der Waals surface area contributed by atoms with E-state index in [1.54, 1.807) is 24.3 Å². The average molecular weight is 259 g/mol. The van der Waals surface area contributed by atoms with E-state index in [1.165, 1.54) is 0 Å². The van der Waals surface area contributed by atoms with E-state index in [4.69, 9.17) is 0 Å². The molecule has 0 amide bonds. The molecule has 0 unspecified atom stereocenters. The maximum atomic E-state index is 13.0. The van der Waals surface area contributed by atoms with Crippen LogP contribution in [0.1, 0.15) is 5.56 Å². The summed E-state index contributed by atoms with van der Waals surface area (Å²) in [6.45, 7) is 0. The second-order valence-electron chi connectivity index (χ2n) is 2.54. The molecular weight excluding hydrogens is 251 g/mol. The maximum absolute atomic E-state index is 13.0. The molecule has 14 heavy (non-hydrogen) atoms. The van der Waals surface area contributed by atoms with Crippen LogP contribution in [0.15, 0.2) is 34.6 Å². The molecule has 0 aromatic heterocycles. The van der Waals surface area contributed by atoms with E-state index in [9.17, 15) is 9.18 Å². The Balaban J connectivity index is 2.86. The van der Waals surface area contributed by atoms with Crippen LogP contribution in [0.3, 0.4) is 0 Å². The molecule has 0 saturated carbocycles. The zero-order valence-electron chi connectivity index (χ0n) is 7.46. The van der Waals surface area contributed by atoms with Crippen molar-refractivity contribution in [1.82, 2.24) is 0 Å². The van der Waals surface area contributed by atoms with Crippen LogP contribution in [-0.4, -0.2) is 13.1 Å². The van der Waals surface area contributed by atoms with Crippen LogP contribution in [0.5, 0.6) is 0 Å². The number of esters is 1. The third kappa shape index (κ3) is 2.96. The molecule has 2 nitrogen and oxygen atoms in total.